The molecule has 0 aliphatic rings. The lowest BCUT2D eigenvalue weighted by Gasteiger charge is -2.01. The minimum absolute atomic E-state index is 0.127. The molecule has 7 heteroatoms. The number of fused-ring (bicyclic) bond motifs is 1. The van der Waals surface area contributed by atoms with Crippen molar-refractivity contribution in [2.75, 3.05) is 0 Å². The van der Waals surface area contributed by atoms with Gasteiger partial charge < -0.3 is 9.52 Å². The van der Waals surface area contributed by atoms with Gasteiger partial charge in [0.1, 0.15) is 12.0 Å². The van der Waals surface area contributed by atoms with E-state index < -0.39 is 5.97 Å². The van der Waals surface area contributed by atoms with Crippen LogP contribution in [0.4, 0.5) is 0 Å². The summed E-state index contributed by atoms with van der Waals surface area (Å²) in [5, 5.41) is 17.8. The Labute approximate surface area is 136 Å². The van der Waals surface area contributed by atoms with E-state index >= 15 is 0 Å². The van der Waals surface area contributed by atoms with Crippen molar-refractivity contribution in [3.05, 3.63) is 54.3 Å². The number of carboxylic acid groups (broad SMARTS) is 1. The van der Waals surface area contributed by atoms with E-state index in [1.807, 2.05) is 38.5 Å². The predicted molar refractivity (Wildman–Crippen MR) is 86.8 cm³/mol. The molecule has 4 aromatic rings. The minimum Gasteiger partial charge on any atom is -0.478 e. The highest BCUT2D eigenvalue weighted by molar-refractivity contribution is 5.89. The van der Waals surface area contributed by atoms with Gasteiger partial charge in [0.15, 0.2) is 0 Å². The number of hydrogen-bond acceptors (Lipinski definition) is 4. The molecule has 7 nitrogen and oxygen atoms in total. The summed E-state index contributed by atoms with van der Waals surface area (Å²) in [6, 6.07) is 5.28. The van der Waals surface area contributed by atoms with Crippen LogP contribution in [0, 0.1) is 6.92 Å². The number of aromatic nitrogens is 4. The van der Waals surface area contributed by atoms with Gasteiger partial charge in [0.2, 0.25) is 0 Å². The first-order valence-corrected chi connectivity index (χ1v) is 7.33. The highest BCUT2D eigenvalue weighted by Gasteiger charge is 2.15. The molecular formula is C17H14N4O3. The van der Waals surface area contributed by atoms with Gasteiger partial charge in [-0.2, -0.15) is 10.2 Å². The Bertz CT molecular complexity index is 1070. The van der Waals surface area contributed by atoms with Gasteiger partial charge in [-0.25, -0.2) is 9.31 Å². The van der Waals surface area contributed by atoms with Crippen molar-refractivity contribution in [1.29, 1.82) is 0 Å². The van der Waals surface area contributed by atoms with Gasteiger partial charge in [-0.05, 0) is 25.1 Å². The van der Waals surface area contributed by atoms with Crippen LogP contribution in [0.1, 0.15) is 16.1 Å². The lowest BCUT2D eigenvalue weighted by atomic mass is 10.1. The highest BCUT2D eigenvalue weighted by Crippen LogP contribution is 2.30. The van der Waals surface area contributed by atoms with Crippen LogP contribution in [-0.2, 0) is 7.05 Å². The van der Waals surface area contributed by atoms with E-state index in [1.54, 1.807) is 15.4 Å². The topological polar surface area (TPSA) is 85.6 Å². The number of carboxylic acids is 1. The van der Waals surface area contributed by atoms with Crippen LogP contribution in [0.25, 0.3) is 28.0 Å². The van der Waals surface area contributed by atoms with E-state index in [1.165, 1.54) is 12.3 Å². The molecule has 4 rings (SSSR count). The summed E-state index contributed by atoms with van der Waals surface area (Å²) in [4.78, 5) is 11.0. The molecule has 0 radical (unpaired) electrons. The molecule has 120 valence electrons. The fourth-order valence-electron chi connectivity index (χ4n) is 2.81. The Morgan fingerprint density at radius 1 is 1.29 bits per heavy atom. The van der Waals surface area contributed by atoms with Gasteiger partial charge in [-0.1, -0.05) is 0 Å². The van der Waals surface area contributed by atoms with Crippen molar-refractivity contribution in [1.82, 2.24) is 19.4 Å². The highest BCUT2D eigenvalue weighted by atomic mass is 16.4. The third-order valence-electron chi connectivity index (χ3n) is 3.96. The Morgan fingerprint density at radius 2 is 2.12 bits per heavy atom. The zero-order chi connectivity index (χ0) is 16.8. The largest absolute Gasteiger partial charge is 0.478 e. The standard InChI is InChI=1S/C17H14N4O3/c1-10-14(8-20(2)19-10)13-7-18-21-4-3-11(5-15(13)21)16-6-12(9-24-16)17(22)23/h3-9H,1-2H3,(H,22,23). The fourth-order valence-corrected chi connectivity index (χ4v) is 2.81. The number of hydrogen-bond donors (Lipinski definition) is 1. The van der Waals surface area contributed by atoms with Crippen LogP contribution >= 0.6 is 0 Å². The molecule has 0 aliphatic carbocycles. The molecule has 4 aromatic heterocycles. The molecule has 24 heavy (non-hydrogen) atoms. The van der Waals surface area contributed by atoms with E-state index in [2.05, 4.69) is 10.2 Å². The lowest BCUT2D eigenvalue weighted by Crippen LogP contribution is -1.91. The zero-order valence-corrected chi connectivity index (χ0v) is 13.1. The van der Waals surface area contributed by atoms with Crippen LogP contribution in [0.2, 0.25) is 0 Å². The molecule has 0 bridgehead atoms. The van der Waals surface area contributed by atoms with Gasteiger partial charge in [-0.3, -0.25) is 4.68 Å². The van der Waals surface area contributed by atoms with E-state index in [0.29, 0.717) is 5.76 Å². The van der Waals surface area contributed by atoms with Crippen molar-refractivity contribution in [2.45, 2.75) is 6.92 Å². The summed E-state index contributed by atoms with van der Waals surface area (Å²) in [5.74, 6) is -0.507. The number of nitrogens with zero attached hydrogens (tertiary/aromatic N) is 4. The van der Waals surface area contributed by atoms with E-state index in [4.69, 9.17) is 9.52 Å². The molecular weight excluding hydrogens is 308 g/mol. The molecule has 0 atom stereocenters. The summed E-state index contributed by atoms with van der Waals surface area (Å²) in [6.07, 6.45) is 6.82. The van der Waals surface area contributed by atoms with Crippen molar-refractivity contribution in [2.24, 2.45) is 7.05 Å². The predicted octanol–water partition coefficient (Wildman–Crippen LogP) is 3.00. The van der Waals surface area contributed by atoms with E-state index in [-0.39, 0.29) is 5.56 Å². The Kier molecular flexibility index (Phi) is 3.02. The summed E-state index contributed by atoms with van der Waals surface area (Å²) < 4.78 is 8.92. The molecule has 0 spiro atoms. The van der Waals surface area contributed by atoms with Crippen LogP contribution < -0.4 is 0 Å². The number of aryl methyl sites for hydroxylation is 2. The second-order valence-electron chi connectivity index (χ2n) is 5.61. The normalized spacial score (nSPS) is 11.2. The van der Waals surface area contributed by atoms with Crippen LogP contribution in [0.5, 0.6) is 0 Å². The average Bonchev–Trinajstić information content (AvgIpc) is 3.24. The second kappa shape index (κ2) is 5.09. The number of aromatic carboxylic acids is 1. The molecule has 0 saturated heterocycles. The molecule has 0 unspecified atom stereocenters. The molecule has 0 saturated carbocycles. The van der Waals surface area contributed by atoms with Crippen molar-refractivity contribution < 1.29 is 14.3 Å². The van der Waals surface area contributed by atoms with E-state index in [0.717, 1.165) is 27.9 Å². The van der Waals surface area contributed by atoms with Crippen LogP contribution in [-0.4, -0.2) is 30.5 Å². The monoisotopic (exact) mass is 322 g/mol. The summed E-state index contributed by atoms with van der Waals surface area (Å²) in [6.45, 7) is 1.95. The summed E-state index contributed by atoms with van der Waals surface area (Å²) >= 11 is 0. The fraction of sp³-hybridized carbons (Fsp3) is 0.118. The van der Waals surface area contributed by atoms with E-state index in [9.17, 15) is 4.79 Å². The van der Waals surface area contributed by atoms with Crippen LogP contribution in [0.15, 0.2) is 47.5 Å². The van der Waals surface area contributed by atoms with Crippen molar-refractivity contribution in [3.8, 4) is 22.5 Å². The first-order chi connectivity index (χ1) is 11.5. The molecule has 0 amide bonds. The first kappa shape index (κ1) is 14.3. The number of pyridine rings is 1. The Morgan fingerprint density at radius 3 is 2.79 bits per heavy atom. The molecule has 0 aliphatic heterocycles. The molecule has 1 N–H and O–H groups in total. The molecule has 0 aromatic carbocycles. The number of furan rings is 1. The zero-order valence-electron chi connectivity index (χ0n) is 13.1. The first-order valence-electron chi connectivity index (χ1n) is 7.33. The molecule has 4 heterocycles. The maximum absolute atomic E-state index is 11.0. The van der Waals surface area contributed by atoms with Crippen LogP contribution in [0.3, 0.4) is 0 Å². The molecule has 0 fully saturated rings. The van der Waals surface area contributed by atoms with Crippen molar-refractivity contribution >= 4 is 11.5 Å². The summed E-state index contributed by atoms with van der Waals surface area (Å²) in [5.41, 5.74) is 4.71. The minimum atomic E-state index is -1.01. The quantitative estimate of drug-likeness (QED) is 0.626. The van der Waals surface area contributed by atoms with Gasteiger partial charge in [-0.15, -0.1) is 0 Å². The van der Waals surface area contributed by atoms with Gasteiger partial charge >= 0.3 is 5.97 Å². The number of carbonyl (C=O) groups is 1. The number of rotatable bonds is 3. The SMILES string of the molecule is Cc1nn(C)cc1-c1cnn2ccc(-c3cc(C(=O)O)co3)cc12. The third-order valence-corrected chi connectivity index (χ3v) is 3.96. The van der Waals surface area contributed by atoms with Crippen molar-refractivity contribution in [3.63, 3.8) is 0 Å². The van der Waals surface area contributed by atoms with Gasteiger partial charge in [0.25, 0.3) is 0 Å². The maximum atomic E-state index is 11.0. The van der Waals surface area contributed by atoms with Gasteiger partial charge in [0.05, 0.1) is 23.0 Å². The smallest absolute Gasteiger partial charge is 0.338 e. The second-order valence-corrected chi connectivity index (χ2v) is 5.61. The summed E-state index contributed by atoms with van der Waals surface area (Å²) in [7, 11) is 1.88. The average molecular weight is 322 g/mol. The lowest BCUT2D eigenvalue weighted by molar-refractivity contribution is 0.0696. The third kappa shape index (κ3) is 2.18. The Balaban J connectivity index is 1.86. The van der Waals surface area contributed by atoms with Gasteiger partial charge in [0, 0.05) is 36.1 Å². The maximum Gasteiger partial charge on any atom is 0.338 e. The Hall–Kier alpha value is -3.35.